The third-order valence-corrected chi connectivity index (χ3v) is 2.55. The Morgan fingerprint density at radius 3 is 2.50 bits per heavy atom. The van der Waals surface area contributed by atoms with Gasteiger partial charge in [0.1, 0.15) is 0 Å². The Bertz CT molecular complexity index is 342. The minimum Gasteiger partial charge on any atom is -0.493 e. The predicted octanol–water partition coefficient (Wildman–Crippen LogP) is 2.47. The molecule has 0 amide bonds. The summed E-state index contributed by atoms with van der Waals surface area (Å²) in [6.07, 6.45) is 2.13. The minimum absolute atomic E-state index is 0.654. The van der Waals surface area contributed by atoms with Gasteiger partial charge < -0.3 is 19.5 Å². The van der Waals surface area contributed by atoms with Gasteiger partial charge in [-0.1, -0.05) is 13.0 Å². The molecule has 0 aliphatic carbocycles. The zero-order chi connectivity index (χ0) is 13.2. The van der Waals surface area contributed by atoms with Gasteiger partial charge in [-0.2, -0.15) is 0 Å². The fourth-order valence-corrected chi connectivity index (χ4v) is 1.65. The van der Waals surface area contributed by atoms with E-state index in [1.807, 2.05) is 18.2 Å². The zero-order valence-electron chi connectivity index (χ0n) is 11.5. The molecule has 0 radical (unpaired) electrons. The number of rotatable bonds is 9. The smallest absolute Gasteiger partial charge is 0.203 e. The summed E-state index contributed by atoms with van der Waals surface area (Å²) in [5.74, 6) is 2.08. The Morgan fingerprint density at radius 1 is 1.06 bits per heavy atom. The lowest BCUT2D eigenvalue weighted by Crippen LogP contribution is -2.18. The summed E-state index contributed by atoms with van der Waals surface area (Å²) in [5.41, 5.74) is 0. The van der Waals surface area contributed by atoms with Crippen molar-refractivity contribution in [3.8, 4) is 17.2 Å². The molecule has 1 aromatic carbocycles. The molecule has 0 saturated heterocycles. The molecule has 0 aliphatic heterocycles. The van der Waals surface area contributed by atoms with Crippen molar-refractivity contribution in [1.29, 1.82) is 0 Å². The van der Waals surface area contributed by atoms with Crippen molar-refractivity contribution in [1.82, 2.24) is 5.32 Å². The van der Waals surface area contributed by atoms with E-state index < -0.39 is 0 Å². The fraction of sp³-hybridized carbons (Fsp3) is 0.571. The average molecular weight is 253 g/mol. The quantitative estimate of drug-likeness (QED) is 0.686. The van der Waals surface area contributed by atoms with Crippen molar-refractivity contribution in [2.45, 2.75) is 19.8 Å². The molecule has 0 saturated carbocycles. The largest absolute Gasteiger partial charge is 0.493 e. The van der Waals surface area contributed by atoms with Gasteiger partial charge in [-0.3, -0.25) is 0 Å². The first kappa shape index (κ1) is 14.6. The van der Waals surface area contributed by atoms with Gasteiger partial charge in [-0.15, -0.1) is 0 Å². The Labute approximate surface area is 109 Å². The maximum Gasteiger partial charge on any atom is 0.203 e. The van der Waals surface area contributed by atoms with Gasteiger partial charge in [-0.05, 0) is 38.1 Å². The van der Waals surface area contributed by atoms with Crippen molar-refractivity contribution in [3.63, 3.8) is 0 Å². The molecule has 18 heavy (non-hydrogen) atoms. The number of benzene rings is 1. The number of ether oxygens (including phenoxy) is 3. The fourth-order valence-electron chi connectivity index (χ4n) is 1.65. The van der Waals surface area contributed by atoms with Crippen LogP contribution in [0.2, 0.25) is 0 Å². The summed E-state index contributed by atoms with van der Waals surface area (Å²) < 4.78 is 16.2. The highest BCUT2D eigenvalue weighted by molar-refractivity contribution is 5.50. The standard InChI is InChI=1S/C14H23NO3/c1-4-9-15-10-6-11-18-13-8-5-7-12(16-2)14(13)17-3/h5,7-8,15H,4,6,9-11H2,1-3H3. The average Bonchev–Trinajstić information content (AvgIpc) is 2.42. The van der Waals surface area contributed by atoms with Crippen LogP contribution in [-0.2, 0) is 0 Å². The van der Waals surface area contributed by atoms with Crippen molar-refractivity contribution < 1.29 is 14.2 Å². The minimum atomic E-state index is 0.654. The lowest BCUT2D eigenvalue weighted by Gasteiger charge is -2.13. The molecular formula is C14H23NO3. The van der Waals surface area contributed by atoms with E-state index >= 15 is 0 Å². The van der Waals surface area contributed by atoms with E-state index in [4.69, 9.17) is 14.2 Å². The zero-order valence-corrected chi connectivity index (χ0v) is 11.5. The van der Waals surface area contributed by atoms with Crippen LogP contribution < -0.4 is 19.5 Å². The van der Waals surface area contributed by atoms with E-state index in [0.717, 1.165) is 31.7 Å². The maximum absolute atomic E-state index is 5.71. The number of hydrogen-bond acceptors (Lipinski definition) is 4. The SMILES string of the molecule is CCCNCCCOc1cccc(OC)c1OC. The van der Waals surface area contributed by atoms with Crippen LogP contribution in [0.3, 0.4) is 0 Å². The van der Waals surface area contributed by atoms with Crippen LogP contribution in [0.15, 0.2) is 18.2 Å². The normalized spacial score (nSPS) is 10.2. The predicted molar refractivity (Wildman–Crippen MR) is 72.8 cm³/mol. The van der Waals surface area contributed by atoms with E-state index in [0.29, 0.717) is 18.1 Å². The number of nitrogens with one attached hydrogen (secondary N) is 1. The molecule has 102 valence electrons. The van der Waals surface area contributed by atoms with Crippen LogP contribution in [0.1, 0.15) is 19.8 Å². The molecule has 0 atom stereocenters. The van der Waals surface area contributed by atoms with E-state index in [9.17, 15) is 0 Å². The van der Waals surface area contributed by atoms with Crippen molar-refractivity contribution in [2.24, 2.45) is 0 Å². The van der Waals surface area contributed by atoms with E-state index in [-0.39, 0.29) is 0 Å². The highest BCUT2D eigenvalue weighted by Gasteiger charge is 2.09. The summed E-state index contributed by atoms with van der Waals surface area (Å²) in [7, 11) is 3.24. The van der Waals surface area contributed by atoms with Gasteiger partial charge in [0, 0.05) is 0 Å². The molecule has 1 rings (SSSR count). The Kier molecular flexibility index (Phi) is 7.03. The van der Waals surface area contributed by atoms with Crippen LogP contribution in [0, 0.1) is 0 Å². The molecule has 0 unspecified atom stereocenters. The van der Waals surface area contributed by atoms with Gasteiger partial charge in [0.05, 0.1) is 20.8 Å². The molecule has 0 spiro atoms. The summed E-state index contributed by atoms with van der Waals surface area (Å²) in [4.78, 5) is 0. The van der Waals surface area contributed by atoms with Crippen LogP contribution in [0.25, 0.3) is 0 Å². The van der Waals surface area contributed by atoms with Crippen LogP contribution in [-0.4, -0.2) is 33.9 Å². The third-order valence-electron chi connectivity index (χ3n) is 2.55. The summed E-state index contributed by atoms with van der Waals surface area (Å²) in [5, 5.41) is 3.34. The first-order valence-electron chi connectivity index (χ1n) is 6.38. The second kappa shape index (κ2) is 8.64. The monoisotopic (exact) mass is 253 g/mol. The first-order chi connectivity index (χ1) is 8.83. The Hall–Kier alpha value is -1.42. The Morgan fingerprint density at radius 2 is 1.83 bits per heavy atom. The molecule has 0 fully saturated rings. The lowest BCUT2D eigenvalue weighted by atomic mass is 10.3. The molecule has 0 aliphatic rings. The number of hydrogen-bond donors (Lipinski definition) is 1. The van der Waals surface area contributed by atoms with Gasteiger partial charge in [-0.25, -0.2) is 0 Å². The van der Waals surface area contributed by atoms with Crippen molar-refractivity contribution in [2.75, 3.05) is 33.9 Å². The topological polar surface area (TPSA) is 39.7 Å². The van der Waals surface area contributed by atoms with Crippen LogP contribution in [0.4, 0.5) is 0 Å². The third kappa shape index (κ3) is 4.45. The van der Waals surface area contributed by atoms with Crippen LogP contribution >= 0.6 is 0 Å². The Balaban J connectivity index is 2.41. The number of para-hydroxylation sites is 1. The van der Waals surface area contributed by atoms with E-state index in [1.54, 1.807) is 14.2 Å². The second-order valence-electron chi connectivity index (χ2n) is 3.94. The molecule has 4 heteroatoms. The van der Waals surface area contributed by atoms with Gasteiger partial charge in [0.2, 0.25) is 5.75 Å². The van der Waals surface area contributed by atoms with Crippen LogP contribution in [0.5, 0.6) is 17.2 Å². The first-order valence-corrected chi connectivity index (χ1v) is 6.38. The summed E-state index contributed by atoms with van der Waals surface area (Å²) in [6, 6.07) is 5.64. The maximum atomic E-state index is 5.71. The summed E-state index contributed by atoms with van der Waals surface area (Å²) in [6.45, 7) is 4.85. The molecule has 1 aromatic rings. The van der Waals surface area contributed by atoms with Crippen molar-refractivity contribution in [3.05, 3.63) is 18.2 Å². The van der Waals surface area contributed by atoms with Crippen molar-refractivity contribution >= 4 is 0 Å². The summed E-state index contributed by atoms with van der Waals surface area (Å²) >= 11 is 0. The molecular weight excluding hydrogens is 230 g/mol. The van der Waals surface area contributed by atoms with Gasteiger partial charge >= 0.3 is 0 Å². The molecule has 4 nitrogen and oxygen atoms in total. The van der Waals surface area contributed by atoms with Gasteiger partial charge in [0.15, 0.2) is 11.5 Å². The molecule has 0 bridgehead atoms. The second-order valence-corrected chi connectivity index (χ2v) is 3.94. The lowest BCUT2D eigenvalue weighted by molar-refractivity contribution is 0.278. The number of methoxy groups -OCH3 is 2. The van der Waals surface area contributed by atoms with Gasteiger partial charge in [0.25, 0.3) is 0 Å². The molecule has 0 aromatic heterocycles. The highest BCUT2D eigenvalue weighted by Crippen LogP contribution is 2.36. The van der Waals surface area contributed by atoms with E-state index in [1.165, 1.54) is 0 Å². The molecule has 1 N–H and O–H groups in total. The highest BCUT2D eigenvalue weighted by atomic mass is 16.5. The molecule has 0 heterocycles. The van der Waals surface area contributed by atoms with E-state index in [2.05, 4.69) is 12.2 Å².